The summed E-state index contributed by atoms with van der Waals surface area (Å²) < 4.78 is 0. The number of aryl methyl sites for hydroxylation is 1. The van der Waals surface area contributed by atoms with Gasteiger partial charge in [0.1, 0.15) is 5.69 Å². The lowest BCUT2D eigenvalue weighted by molar-refractivity contribution is -0.136. The van der Waals surface area contributed by atoms with Crippen LogP contribution in [0, 0.1) is 0 Å². The Morgan fingerprint density at radius 3 is 2.50 bits per heavy atom. The standard InChI is InChI=1S/C16H18N2O3S/c1-10(2)16-18-13(9-22-16)15(21)17-12-6-3-11(4-7-12)5-8-14(19)20/h3-4,6-7,9-10H,5,8H2,1-2H3,(H,17,21)(H,19,20). The maximum atomic E-state index is 12.1. The first-order chi connectivity index (χ1) is 10.5. The van der Waals surface area contributed by atoms with Crippen molar-refractivity contribution < 1.29 is 14.7 Å². The molecule has 0 bridgehead atoms. The molecular weight excluding hydrogens is 300 g/mol. The highest BCUT2D eigenvalue weighted by molar-refractivity contribution is 7.09. The minimum Gasteiger partial charge on any atom is -0.481 e. The largest absolute Gasteiger partial charge is 0.481 e. The number of aliphatic carboxylic acids is 1. The van der Waals surface area contributed by atoms with E-state index in [1.54, 1.807) is 17.5 Å². The molecular formula is C16H18N2O3S. The van der Waals surface area contributed by atoms with Crippen molar-refractivity contribution in [3.8, 4) is 0 Å². The third kappa shape index (κ3) is 4.39. The number of carbonyl (C=O) groups excluding carboxylic acids is 1. The van der Waals surface area contributed by atoms with Gasteiger partial charge >= 0.3 is 5.97 Å². The summed E-state index contributed by atoms with van der Waals surface area (Å²) >= 11 is 1.48. The van der Waals surface area contributed by atoms with Crippen molar-refractivity contribution in [2.45, 2.75) is 32.6 Å². The lowest BCUT2D eigenvalue weighted by Gasteiger charge is -2.05. The van der Waals surface area contributed by atoms with E-state index in [1.807, 2.05) is 26.0 Å². The number of aromatic nitrogens is 1. The van der Waals surface area contributed by atoms with Crippen LogP contribution in [0.1, 0.15) is 47.2 Å². The number of carboxylic acids is 1. The predicted molar refractivity (Wildman–Crippen MR) is 86.6 cm³/mol. The molecule has 0 aliphatic rings. The molecule has 0 saturated carbocycles. The van der Waals surface area contributed by atoms with Crippen LogP contribution in [-0.2, 0) is 11.2 Å². The summed E-state index contributed by atoms with van der Waals surface area (Å²) in [6.07, 6.45) is 0.579. The lowest BCUT2D eigenvalue weighted by atomic mass is 10.1. The number of nitrogens with one attached hydrogen (secondary N) is 1. The molecule has 2 aromatic rings. The van der Waals surface area contributed by atoms with E-state index in [0.717, 1.165) is 10.6 Å². The Labute approximate surface area is 133 Å². The maximum absolute atomic E-state index is 12.1. The molecule has 6 heteroatoms. The number of nitrogens with zero attached hydrogens (tertiary/aromatic N) is 1. The Bertz CT molecular complexity index is 662. The van der Waals surface area contributed by atoms with Crippen LogP contribution in [0.3, 0.4) is 0 Å². The number of thiazole rings is 1. The second kappa shape index (κ2) is 7.17. The molecule has 0 radical (unpaired) electrons. The first kappa shape index (κ1) is 16.2. The average Bonchev–Trinajstić information content (AvgIpc) is 2.96. The van der Waals surface area contributed by atoms with Crippen LogP contribution in [-0.4, -0.2) is 22.0 Å². The summed E-state index contributed by atoms with van der Waals surface area (Å²) in [5.41, 5.74) is 2.02. The molecule has 1 amide bonds. The zero-order valence-electron chi connectivity index (χ0n) is 12.5. The van der Waals surface area contributed by atoms with Gasteiger partial charge in [0.05, 0.1) is 5.01 Å². The molecule has 0 aliphatic heterocycles. The Kier molecular flexibility index (Phi) is 5.27. The van der Waals surface area contributed by atoms with E-state index < -0.39 is 5.97 Å². The van der Waals surface area contributed by atoms with Gasteiger partial charge in [-0.3, -0.25) is 9.59 Å². The topological polar surface area (TPSA) is 79.3 Å². The first-order valence-corrected chi connectivity index (χ1v) is 7.91. The molecule has 0 fully saturated rings. The Balaban J connectivity index is 1.97. The van der Waals surface area contributed by atoms with Crippen LogP contribution in [0.2, 0.25) is 0 Å². The molecule has 1 aromatic carbocycles. The van der Waals surface area contributed by atoms with Gasteiger partial charge in [0.15, 0.2) is 0 Å². The van der Waals surface area contributed by atoms with Crippen LogP contribution in [0.25, 0.3) is 0 Å². The predicted octanol–water partition coefficient (Wildman–Crippen LogP) is 3.54. The van der Waals surface area contributed by atoms with Gasteiger partial charge in [-0.25, -0.2) is 4.98 Å². The monoisotopic (exact) mass is 318 g/mol. The highest BCUT2D eigenvalue weighted by Gasteiger charge is 2.12. The Morgan fingerprint density at radius 2 is 1.95 bits per heavy atom. The SMILES string of the molecule is CC(C)c1nc(C(=O)Nc2ccc(CCC(=O)O)cc2)cs1. The van der Waals surface area contributed by atoms with E-state index in [9.17, 15) is 9.59 Å². The minimum atomic E-state index is -0.818. The van der Waals surface area contributed by atoms with Crippen molar-refractivity contribution in [1.82, 2.24) is 4.98 Å². The van der Waals surface area contributed by atoms with E-state index in [-0.39, 0.29) is 12.3 Å². The summed E-state index contributed by atoms with van der Waals surface area (Å²) in [6, 6.07) is 7.17. The zero-order chi connectivity index (χ0) is 16.1. The van der Waals surface area contributed by atoms with Crippen molar-refractivity contribution in [1.29, 1.82) is 0 Å². The van der Waals surface area contributed by atoms with Crippen LogP contribution in [0.5, 0.6) is 0 Å². The van der Waals surface area contributed by atoms with Crippen LogP contribution in [0.15, 0.2) is 29.6 Å². The van der Waals surface area contributed by atoms with Gasteiger partial charge in [0, 0.05) is 23.4 Å². The fraction of sp³-hybridized carbons (Fsp3) is 0.312. The second-order valence-electron chi connectivity index (χ2n) is 5.27. The van der Waals surface area contributed by atoms with Gasteiger partial charge in [0.2, 0.25) is 0 Å². The molecule has 5 nitrogen and oxygen atoms in total. The number of carbonyl (C=O) groups is 2. The van der Waals surface area contributed by atoms with Crippen molar-refractivity contribution in [3.05, 3.63) is 45.9 Å². The van der Waals surface area contributed by atoms with Gasteiger partial charge in [-0.1, -0.05) is 26.0 Å². The zero-order valence-corrected chi connectivity index (χ0v) is 13.3. The van der Waals surface area contributed by atoms with E-state index in [1.165, 1.54) is 11.3 Å². The van der Waals surface area contributed by atoms with E-state index in [4.69, 9.17) is 5.11 Å². The molecule has 0 saturated heterocycles. The summed E-state index contributed by atoms with van der Waals surface area (Å²) in [5, 5.41) is 14.1. The average molecular weight is 318 g/mol. The Morgan fingerprint density at radius 1 is 1.27 bits per heavy atom. The van der Waals surface area contributed by atoms with Crippen molar-refractivity contribution in [3.63, 3.8) is 0 Å². The van der Waals surface area contributed by atoms with Gasteiger partial charge in [-0.05, 0) is 24.1 Å². The molecule has 2 rings (SSSR count). The third-order valence-electron chi connectivity index (χ3n) is 3.09. The molecule has 0 unspecified atom stereocenters. The fourth-order valence-corrected chi connectivity index (χ4v) is 2.67. The summed E-state index contributed by atoms with van der Waals surface area (Å²) in [6.45, 7) is 4.08. The molecule has 0 spiro atoms. The van der Waals surface area contributed by atoms with Gasteiger partial charge in [-0.15, -0.1) is 11.3 Å². The third-order valence-corrected chi connectivity index (χ3v) is 4.23. The number of amides is 1. The second-order valence-corrected chi connectivity index (χ2v) is 6.16. The maximum Gasteiger partial charge on any atom is 0.303 e. The number of rotatable bonds is 6. The van der Waals surface area contributed by atoms with Crippen molar-refractivity contribution >= 4 is 28.9 Å². The molecule has 1 heterocycles. The smallest absolute Gasteiger partial charge is 0.303 e. The molecule has 116 valence electrons. The molecule has 0 atom stereocenters. The number of benzene rings is 1. The highest BCUT2D eigenvalue weighted by atomic mass is 32.1. The Hall–Kier alpha value is -2.21. The van der Waals surface area contributed by atoms with E-state index in [0.29, 0.717) is 23.7 Å². The molecule has 0 aliphatic carbocycles. The van der Waals surface area contributed by atoms with Crippen LogP contribution >= 0.6 is 11.3 Å². The number of hydrogen-bond acceptors (Lipinski definition) is 4. The number of carboxylic acid groups (broad SMARTS) is 1. The van der Waals surface area contributed by atoms with Crippen LogP contribution in [0.4, 0.5) is 5.69 Å². The fourth-order valence-electron chi connectivity index (χ4n) is 1.86. The van der Waals surface area contributed by atoms with Gasteiger partial charge in [0.25, 0.3) is 5.91 Å². The van der Waals surface area contributed by atoms with Crippen molar-refractivity contribution in [2.24, 2.45) is 0 Å². The highest BCUT2D eigenvalue weighted by Crippen LogP contribution is 2.20. The lowest BCUT2D eigenvalue weighted by Crippen LogP contribution is -2.12. The van der Waals surface area contributed by atoms with Gasteiger partial charge < -0.3 is 10.4 Å². The van der Waals surface area contributed by atoms with E-state index >= 15 is 0 Å². The van der Waals surface area contributed by atoms with Crippen LogP contribution < -0.4 is 5.32 Å². The quantitative estimate of drug-likeness (QED) is 0.854. The summed E-state index contributed by atoms with van der Waals surface area (Å²) in [7, 11) is 0. The number of anilines is 1. The first-order valence-electron chi connectivity index (χ1n) is 7.03. The molecule has 1 aromatic heterocycles. The summed E-state index contributed by atoms with van der Waals surface area (Å²) in [4.78, 5) is 26.9. The molecule has 2 N–H and O–H groups in total. The van der Waals surface area contributed by atoms with Gasteiger partial charge in [-0.2, -0.15) is 0 Å². The summed E-state index contributed by atoms with van der Waals surface area (Å²) in [5.74, 6) is -0.747. The normalized spacial score (nSPS) is 10.7. The van der Waals surface area contributed by atoms with E-state index in [2.05, 4.69) is 10.3 Å². The molecule has 22 heavy (non-hydrogen) atoms. The number of hydrogen-bond donors (Lipinski definition) is 2. The minimum absolute atomic E-state index is 0.0997. The van der Waals surface area contributed by atoms with Crippen molar-refractivity contribution in [2.75, 3.05) is 5.32 Å².